The third-order valence-electron chi connectivity index (χ3n) is 2.43. The number of amides is 1. The van der Waals surface area contributed by atoms with Crippen LogP contribution in [0.4, 0.5) is 10.1 Å². The molecule has 0 aliphatic rings. The fourth-order valence-electron chi connectivity index (χ4n) is 1.16. The SMILES string of the molecule is CC(C)(NCC(=O)Nc1ccc(Cl)cc1F)C(=O)O. The van der Waals surface area contributed by atoms with E-state index in [0.29, 0.717) is 0 Å². The van der Waals surface area contributed by atoms with E-state index in [9.17, 15) is 14.0 Å². The van der Waals surface area contributed by atoms with Gasteiger partial charge in [0.25, 0.3) is 0 Å². The van der Waals surface area contributed by atoms with Crippen LogP contribution in [0.25, 0.3) is 0 Å². The standard InChI is InChI=1S/C12H14ClFN2O3/c1-12(2,11(18)19)15-6-10(17)16-9-4-3-7(13)5-8(9)14/h3-5,15H,6H2,1-2H3,(H,16,17)(H,18,19). The molecule has 0 aromatic heterocycles. The molecule has 1 rings (SSSR count). The molecule has 0 bridgehead atoms. The number of carboxylic acid groups (broad SMARTS) is 1. The summed E-state index contributed by atoms with van der Waals surface area (Å²) in [6.45, 7) is 2.60. The third-order valence-corrected chi connectivity index (χ3v) is 2.67. The highest BCUT2D eigenvalue weighted by Crippen LogP contribution is 2.18. The minimum atomic E-state index is -1.24. The molecule has 5 nitrogen and oxygen atoms in total. The first-order valence-electron chi connectivity index (χ1n) is 5.45. The summed E-state index contributed by atoms with van der Waals surface area (Å²) in [4.78, 5) is 22.4. The summed E-state index contributed by atoms with van der Waals surface area (Å²) >= 11 is 5.58. The number of anilines is 1. The lowest BCUT2D eigenvalue weighted by molar-refractivity contribution is -0.143. The molecule has 0 saturated heterocycles. The highest BCUT2D eigenvalue weighted by atomic mass is 35.5. The first kappa shape index (κ1) is 15.4. The summed E-state index contributed by atoms with van der Waals surface area (Å²) < 4.78 is 13.4. The highest BCUT2D eigenvalue weighted by Gasteiger charge is 2.26. The van der Waals surface area contributed by atoms with Crippen molar-refractivity contribution in [2.45, 2.75) is 19.4 Å². The van der Waals surface area contributed by atoms with Crippen LogP contribution in [0.2, 0.25) is 5.02 Å². The zero-order chi connectivity index (χ0) is 14.6. The molecule has 104 valence electrons. The Morgan fingerprint density at radius 3 is 2.58 bits per heavy atom. The minimum Gasteiger partial charge on any atom is -0.480 e. The smallest absolute Gasteiger partial charge is 0.323 e. The zero-order valence-electron chi connectivity index (χ0n) is 10.5. The van der Waals surface area contributed by atoms with Crippen molar-refractivity contribution in [3.63, 3.8) is 0 Å². The number of carbonyl (C=O) groups is 2. The summed E-state index contributed by atoms with van der Waals surface area (Å²) in [7, 11) is 0. The Labute approximate surface area is 114 Å². The molecule has 3 N–H and O–H groups in total. The van der Waals surface area contributed by atoms with Crippen molar-refractivity contribution in [3.05, 3.63) is 29.0 Å². The number of hydrogen-bond acceptors (Lipinski definition) is 3. The van der Waals surface area contributed by atoms with Gasteiger partial charge in [-0.15, -0.1) is 0 Å². The van der Waals surface area contributed by atoms with E-state index < -0.39 is 23.2 Å². The Morgan fingerprint density at radius 2 is 2.05 bits per heavy atom. The van der Waals surface area contributed by atoms with E-state index in [0.717, 1.165) is 6.07 Å². The Hall–Kier alpha value is -1.66. The Morgan fingerprint density at radius 1 is 1.42 bits per heavy atom. The van der Waals surface area contributed by atoms with Crippen molar-refractivity contribution in [3.8, 4) is 0 Å². The van der Waals surface area contributed by atoms with E-state index >= 15 is 0 Å². The first-order chi connectivity index (χ1) is 8.72. The van der Waals surface area contributed by atoms with Crippen LogP contribution in [-0.4, -0.2) is 29.1 Å². The Kier molecular flexibility index (Phi) is 4.85. The normalized spacial score (nSPS) is 11.2. The lowest BCUT2D eigenvalue weighted by atomic mass is 10.1. The van der Waals surface area contributed by atoms with Crippen molar-refractivity contribution < 1.29 is 19.1 Å². The summed E-state index contributed by atoms with van der Waals surface area (Å²) in [5, 5.41) is 13.9. The Bertz CT molecular complexity index is 506. The van der Waals surface area contributed by atoms with E-state index in [4.69, 9.17) is 16.7 Å². The largest absolute Gasteiger partial charge is 0.480 e. The van der Waals surface area contributed by atoms with E-state index in [1.807, 2.05) is 0 Å². The van der Waals surface area contributed by atoms with Gasteiger partial charge in [-0.25, -0.2) is 4.39 Å². The van der Waals surface area contributed by atoms with Gasteiger partial charge in [0.1, 0.15) is 11.4 Å². The van der Waals surface area contributed by atoms with Crippen molar-refractivity contribution >= 4 is 29.2 Å². The van der Waals surface area contributed by atoms with Crippen LogP contribution in [-0.2, 0) is 9.59 Å². The lowest BCUT2D eigenvalue weighted by Crippen LogP contribution is -2.49. The maximum atomic E-state index is 13.4. The van der Waals surface area contributed by atoms with Crippen molar-refractivity contribution in [1.29, 1.82) is 0 Å². The first-order valence-corrected chi connectivity index (χ1v) is 5.83. The topological polar surface area (TPSA) is 78.4 Å². The molecular formula is C12H14ClFN2O3. The second kappa shape index (κ2) is 5.99. The quantitative estimate of drug-likeness (QED) is 0.773. The fourth-order valence-corrected chi connectivity index (χ4v) is 1.32. The molecule has 0 aliphatic heterocycles. The van der Waals surface area contributed by atoms with Crippen LogP contribution in [0.3, 0.4) is 0 Å². The van der Waals surface area contributed by atoms with Gasteiger partial charge in [-0.2, -0.15) is 0 Å². The average molecular weight is 289 g/mol. The maximum absolute atomic E-state index is 13.4. The second-order valence-electron chi connectivity index (χ2n) is 4.46. The summed E-state index contributed by atoms with van der Waals surface area (Å²) in [6, 6.07) is 3.85. The molecule has 0 unspecified atom stereocenters. The van der Waals surface area contributed by atoms with Gasteiger partial charge in [0.2, 0.25) is 5.91 Å². The number of hydrogen-bond donors (Lipinski definition) is 3. The van der Waals surface area contributed by atoms with Crippen LogP contribution in [0.15, 0.2) is 18.2 Å². The summed E-state index contributed by atoms with van der Waals surface area (Å²) in [6.07, 6.45) is 0. The van der Waals surface area contributed by atoms with E-state index in [1.165, 1.54) is 26.0 Å². The molecule has 0 saturated carbocycles. The number of benzene rings is 1. The molecule has 0 radical (unpaired) electrons. The fraction of sp³-hybridized carbons (Fsp3) is 0.333. The van der Waals surface area contributed by atoms with Gasteiger partial charge < -0.3 is 10.4 Å². The van der Waals surface area contributed by atoms with Crippen LogP contribution in [0.1, 0.15) is 13.8 Å². The number of carboxylic acids is 1. The monoisotopic (exact) mass is 288 g/mol. The van der Waals surface area contributed by atoms with Gasteiger partial charge in [0.05, 0.1) is 12.2 Å². The van der Waals surface area contributed by atoms with E-state index in [2.05, 4.69) is 10.6 Å². The number of rotatable bonds is 5. The molecule has 1 amide bonds. The van der Waals surface area contributed by atoms with Gasteiger partial charge in [0, 0.05) is 5.02 Å². The van der Waals surface area contributed by atoms with Gasteiger partial charge in [-0.05, 0) is 32.0 Å². The second-order valence-corrected chi connectivity index (χ2v) is 4.89. The number of carbonyl (C=O) groups excluding carboxylic acids is 1. The molecule has 19 heavy (non-hydrogen) atoms. The molecule has 0 spiro atoms. The third kappa shape index (κ3) is 4.50. The van der Waals surface area contributed by atoms with Gasteiger partial charge in [0.15, 0.2) is 0 Å². The summed E-state index contributed by atoms with van der Waals surface area (Å²) in [5.74, 6) is -2.29. The van der Waals surface area contributed by atoms with Gasteiger partial charge in [-0.3, -0.25) is 14.9 Å². The van der Waals surface area contributed by atoms with E-state index in [1.54, 1.807) is 0 Å². The van der Waals surface area contributed by atoms with Gasteiger partial charge >= 0.3 is 5.97 Å². The number of nitrogens with one attached hydrogen (secondary N) is 2. The number of halogens is 2. The van der Waals surface area contributed by atoms with Crippen LogP contribution in [0.5, 0.6) is 0 Å². The molecule has 0 heterocycles. The predicted molar refractivity (Wildman–Crippen MR) is 69.8 cm³/mol. The van der Waals surface area contributed by atoms with Crippen LogP contribution < -0.4 is 10.6 Å². The Balaban J connectivity index is 2.59. The zero-order valence-corrected chi connectivity index (χ0v) is 11.2. The molecular weight excluding hydrogens is 275 g/mol. The lowest BCUT2D eigenvalue weighted by Gasteiger charge is -2.20. The molecule has 0 atom stereocenters. The molecule has 1 aromatic rings. The number of aliphatic carboxylic acids is 1. The van der Waals surface area contributed by atoms with Crippen LogP contribution in [0, 0.1) is 5.82 Å². The molecule has 0 aliphatic carbocycles. The van der Waals surface area contributed by atoms with Crippen molar-refractivity contribution in [2.24, 2.45) is 0 Å². The molecule has 7 heteroatoms. The highest BCUT2D eigenvalue weighted by molar-refractivity contribution is 6.30. The van der Waals surface area contributed by atoms with Crippen LogP contribution >= 0.6 is 11.6 Å². The van der Waals surface area contributed by atoms with Crippen molar-refractivity contribution in [1.82, 2.24) is 5.32 Å². The predicted octanol–water partition coefficient (Wildman–Crippen LogP) is 1.87. The minimum absolute atomic E-state index is 0.00988. The van der Waals surface area contributed by atoms with Crippen molar-refractivity contribution in [2.75, 3.05) is 11.9 Å². The average Bonchev–Trinajstić information content (AvgIpc) is 2.30. The van der Waals surface area contributed by atoms with Gasteiger partial charge in [-0.1, -0.05) is 11.6 Å². The summed E-state index contributed by atoms with van der Waals surface area (Å²) in [5.41, 5.74) is -1.25. The maximum Gasteiger partial charge on any atom is 0.323 e. The van der Waals surface area contributed by atoms with E-state index in [-0.39, 0.29) is 17.3 Å². The molecule has 1 aromatic carbocycles. The molecule has 0 fully saturated rings.